The molecule has 2 rings (SSSR count). The largest absolute Gasteiger partial charge is 0.508 e. The lowest BCUT2D eigenvalue weighted by molar-refractivity contribution is 0.416. The molecule has 0 spiro atoms. The Kier molecular flexibility index (Phi) is 3.25. The van der Waals surface area contributed by atoms with Crippen molar-refractivity contribution in [1.29, 1.82) is 0 Å². The van der Waals surface area contributed by atoms with Gasteiger partial charge in [-0.15, -0.1) is 0 Å². The summed E-state index contributed by atoms with van der Waals surface area (Å²) in [4.78, 5) is 0. The van der Waals surface area contributed by atoms with E-state index in [-0.39, 0.29) is 5.75 Å². The average molecular weight is 249 g/mol. The Morgan fingerprint density at radius 3 is 2.53 bits per heavy atom. The molecular weight excluding hydrogens is 236 g/mol. The van der Waals surface area contributed by atoms with Crippen LogP contribution in [0.25, 0.3) is 11.1 Å². The third kappa shape index (κ3) is 2.53. The zero-order chi connectivity index (χ0) is 12.4. The Hall–Kier alpha value is -1.67. The minimum Gasteiger partial charge on any atom is -0.508 e. The van der Waals surface area contributed by atoms with Gasteiger partial charge in [-0.25, -0.2) is 0 Å². The SMILES string of the molecule is COc1cc(Cl)ccc1-c1cc(C)cc(O)c1. The van der Waals surface area contributed by atoms with E-state index in [2.05, 4.69) is 0 Å². The van der Waals surface area contributed by atoms with Crippen LogP contribution in [0.15, 0.2) is 36.4 Å². The molecular formula is C14H13ClO2. The van der Waals surface area contributed by atoms with Gasteiger partial charge in [-0.3, -0.25) is 0 Å². The van der Waals surface area contributed by atoms with Gasteiger partial charge in [0.15, 0.2) is 0 Å². The van der Waals surface area contributed by atoms with Gasteiger partial charge in [0.1, 0.15) is 11.5 Å². The zero-order valence-electron chi connectivity index (χ0n) is 9.70. The summed E-state index contributed by atoms with van der Waals surface area (Å²) >= 11 is 5.92. The average Bonchev–Trinajstić information content (AvgIpc) is 2.27. The molecule has 0 amide bonds. The van der Waals surface area contributed by atoms with Crippen molar-refractivity contribution in [2.24, 2.45) is 0 Å². The van der Waals surface area contributed by atoms with Crippen molar-refractivity contribution in [2.45, 2.75) is 6.92 Å². The van der Waals surface area contributed by atoms with Crippen molar-refractivity contribution in [3.05, 3.63) is 47.0 Å². The maximum absolute atomic E-state index is 9.61. The topological polar surface area (TPSA) is 29.5 Å². The molecule has 0 atom stereocenters. The Balaban J connectivity index is 2.59. The summed E-state index contributed by atoms with van der Waals surface area (Å²) in [5.74, 6) is 0.944. The number of aryl methyl sites for hydroxylation is 1. The van der Waals surface area contributed by atoms with E-state index in [1.807, 2.05) is 19.1 Å². The second-order valence-corrected chi connectivity index (χ2v) is 4.34. The smallest absolute Gasteiger partial charge is 0.128 e. The number of hydrogen-bond acceptors (Lipinski definition) is 2. The number of rotatable bonds is 2. The van der Waals surface area contributed by atoms with Gasteiger partial charge in [0.05, 0.1) is 7.11 Å². The number of aromatic hydroxyl groups is 1. The van der Waals surface area contributed by atoms with Crippen LogP contribution < -0.4 is 4.74 Å². The summed E-state index contributed by atoms with van der Waals surface area (Å²) in [6.45, 7) is 1.94. The monoisotopic (exact) mass is 248 g/mol. The van der Waals surface area contributed by atoms with E-state index in [4.69, 9.17) is 16.3 Å². The van der Waals surface area contributed by atoms with Crippen LogP contribution in [-0.4, -0.2) is 12.2 Å². The van der Waals surface area contributed by atoms with Crippen LogP contribution in [0.1, 0.15) is 5.56 Å². The molecule has 0 aromatic heterocycles. The molecule has 0 heterocycles. The summed E-state index contributed by atoms with van der Waals surface area (Å²) in [5, 5.41) is 10.2. The third-order valence-electron chi connectivity index (χ3n) is 2.54. The highest BCUT2D eigenvalue weighted by Gasteiger charge is 2.07. The molecule has 3 heteroatoms. The van der Waals surface area contributed by atoms with E-state index in [1.54, 1.807) is 31.4 Å². The predicted octanol–water partition coefficient (Wildman–Crippen LogP) is 4.03. The molecule has 1 N–H and O–H groups in total. The van der Waals surface area contributed by atoms with Crippen LogP contribution >= 0.6 is 11.6 Å². The molecule has 0 aliphatic rings. The molecule has 2 aromatic carbocycles. The first kappa shape index (κ1) is 11.8. The lowest BCUT2D eigenvalue weighted by atomic mass is 10.0. The summed E-state index contributed by atoms with van der Waals surface area (Å²) in [5.41, 5.74) is 2.82. The number of methoxy groups -OCH3 is 1. The Morgan fingerprint density at radius 1 is 1.12 bits per heavy atom. The van der Waals surface area contributed by atoms with E-state index in [0.717, 1.165) is 16.7 Å². The van der Waals surface area contributed by atoms with Crippen molar-refractivity contribution >= 4 is 11.6 Å². The highest BCUT2D eigenvalue weighted by atomic mass is 35.5. The van der Waals surface area contributed by atoms with Gasteiger partial charge < -0.3 is 9.84 Å². The van der Waals surface area contributed by atoms with Crippen LogP contribution in [0.5, 0.6) is 11.5 Å². The van der Waals surface area contributed by atoms with Gasteiger partial charge in [-0.1, -0.05) is 17.7 Å². The summed E-state index contributed by atoms with van der Waals surface area (Å²) < 4.78 is 5.29. The van der Waals surface area contributed by atoms with Crippen molar-refractivity contribution in [1.82, 2.24) is 0 Å². The molecule has 2 aromatic rings. The van der Waals surface area contributed by atoms with E-state index in [9.17, 15) is 5.11 Å². The maximum Gasteiger partial charge on any atom is 0.128 e. The van der Waals surface area contributed by atoms with Gasteiger partial charge in [0.25, 0.3) is 0 Å². The minimum atomic E-state index is 0.247. The number of hydrogen-bond donors (Lipinski definition) is 1. The molecule has 17 heavy (non-hydrogen) atoms. The van der Waals surface area contributed by atoms with Crippen LogP contribution in [-0.2, 0) is 0 Å². The quantitative estimate of drug-likeness (QED) is 0.870. The molecule has 0 radical (unpaired) electrons. The first-order valence-electron chi connectivity index (χ1n) is 5.25. The fourth-order valence-electron chi connectivity index (χ4n) is 1.82. The van der Waals surface area contributed by atoms with E-state index in [0.29, 0.717) is 10.8 Å². The lowest BCUT2D eigenvalue weighted by Gasteiger charge is -2.10. The van der Waals surface area contributed by atoms with E-state index < -0.39 is 0 Å². The first-order chi connectivity index (χ1) is 8.10. The number of ether oxygens (including phenoxy) is 1. The van der Waals surface area contributed by atoms with Crippen molar-refractivity contribution in [3.8, 4) is 22.6 Å². The van der Waals surface area contributed by atoms with Crippen LogP contribution in [0.4, 0.5) is 0 Å². The molecule has 0 saturated carbocycles. The molecule has 0 bridgehead atoms. The van der Waals surface area contributed by atoms with Crippen LogP contribution in [0.3, 0.4) is 0 Å². The highest BCUT2D eigenvalue weighted by Crippen LogP contribution is 2.34. The van der Waals surface area contributed by atoms with Gasteiger partial charge in [-0.05, 0) is 48.4 Å². The van der Waals surface area contributed by atoms with Gasteiger partial charge in [0.2, 0.25) is 0 Å². The van der Waals surface area contributed by atoms with Gasteiger partial charge in [0, 0.05) is 10.6 Å². The Labute approximate surface area is 105 Å². The van der Waals surface area contributed by atoms with Crippen molar-refractivity contribution < 1.29 is 9.84 Å². The number of phenolic OH excluding ortho intramolecular Hbond substituents is 1. The number of phenols is 1. The van der Waals surface area contributed by atoms with Gasteiger partial charge >= 0.3 is 0 Å². The molecule has 0 fully saturated rings. The predicted molar refractivity (Wildman–Crippen MR) is 69.8 cm³/mol. The fraction of sp³-hybridized carbons (Fsp3) is 0.143. The second kappa shape index (κ2) is 4.68. The summed E-state index contributed by atoms with van der Waals surface area (Å²) in [7, 11) is 1.60. The molecule has 0 aliphatic heterocycles. The Bertz CT molecular complexity index is 530. The first-order valence-corrected chi connectivity index (χ1v) is 5.62. The number of halogens is 1. The second-order valence-electron chi connectivity index (χ2n) is 3.90. The molecule has 0 aliphatic carbocycles. The molecule has 0 unspecified atom stereocenters. The van der Waals surface area contributed by atoms with Crippen LogP contribution in [0.2, 0.25) is 5.02 Å². The van der Waals surface area contributed by atoms with E-state index >= 15 is 0 Å². The summed E-state index contributed by atoms with van der Waals surface area (Å²) in [6, 6.07) is 10.9. The molecule has 0 saturated heterocycles. The lowest BCUT2D eigenvalue weighted by Crippen LogP contribution is -1.88. The summed E-state index contributed by atoms with van der Waals surface area (Å²) in [6.07, 6.45) is 0. The van der Waals surface area contributed by atoms with Crippen molar-refractivity contribution in [3.63, 3.8) is 0 Å². The van der Waals surface area contributed by atoms with Gasteiger partial charge in [-0.2, -0.15) is 0 Å². The van der Waals surface area contributed by atoms with Crippen molar-refractivity contribution in [2.75, 3.05) is 7.11 Å². The van der Waals surface area contributed by atoms with Crippen LogP contribution in [0, 0.1) is 6.92 Å². The minimum absolute atomic E-state index is 0.247. The molecule has 88 valence electrons. The maximum atomic E-state index is 9.61. The normalized spacial score (nSPS) is 10.3. The van der Waals surface area contributed by atoms with E-state index in [1.165, 1.54) is 0 Å². The Morgan fingerprint density at radius 2 is 1.88 bits per heavy atom. The fourth-order valence-corrected chi connectivity index (χ4v) is 1.98. The third-order valence-corrected chi connectivity index (χ3v) is 2.77. The highest BCUT2D eigenvalue weighted by molar-refractivity contribution is 6.30. The number of benzene rings is 2. The standard InChI is InChI=1S/C14H13ClO2/c1-9-5-10(7-12(16)6-9)13-4-3-11(15)8-14(13)17-2/h3-8,16H,1-2H3. The zero-order valence-corrected chi connectivity index (χ0v) is 10.5. The molecule has 2 nitrogen and oxygen atoms in total.